The van der Waals surface area contributed by atoms with E-state index in [1.165, 1.54) is 64.2 Å². The zero-order valence-electron chi connectivity index (χ0n) is 21.0. The van der Waals surface area contributed by atoms with Gasteiger partial charge in [-0.15, -0.1) is 0 Å². The molecule has 0 radical (unpaired) electrons. The van der Waals surface area contributed by atoms with Gasteiger partial charge in [0.05, 0.1) is 13.2 Å². The monoisotopic (exact) mass is 512 g/mol. The van der Waals surface area contributed by atoms with Gasteiger partial charge in [0.2, 0.25) is 0 Å². The van der Waals surface area contributed by atoms with Crippen LogP contribution in [-0.4, -0.2) is 72.2 Å². The topological polar surface area (TPSA) is 143 Å². The van der Waals surface area contributed by atoms with Gasteiger partial charge < -0.3 is 24.8 Å². The number of aliphatic hydroxyl groups is 3. The Hall–Kier alpha value is -0.330. The highest BCUT2D eigenvalue weighted by Crippen LogP contribution is 2.25. The Morgan fingerprint density at radius 3 is 1.76 bits per heavy atom. The van der Waals surface area contributed by atoms with Crippen LogP contribution in [0.25, 0.3) is 0 Å². The summed E-state index contributed by atoms with van der Waals surface area (Å²) in [5, 5.41) is 30.5. The third-order valence-electron chi connectivity index (χ3n) is 6.48. The van der Waals surface area contributed by atoms with Gasteiger partial charge in [0.25, 0.3) is 0 Å². The van der Waals surface area contributed by atoms with Crippen LogP contribution in [0.4, 0.5) is 0 Å². The fourth-order valence-corrected chi connectivity index (χ4v) is 4.62. The number of aliphatic hydroxyl groups excluding tert-OH is 3. The molecule has 1 rings (SSSR count). The van der Waals surface area contributed by atoms with Gasteiger partial charge in [0.15, 0.2) is 6.29 Å². The van der Waals surface area contributed by atoms with Crippen molar-refractivity contribution in [2.24, 2.45) is 5.92 Å². The number of unbranched alkanes of at least 4 members (excludes halogenated alkanes) is 10. The molecule has 204 valence electrons. The minimum atomic E-state index is -4.73. The summed E-state index contributed by atoms with van der Waals surface area (Å²) in [5.74, 6) is 0.282. The molecule has 6 atom stereocenters. The van der Waals surface area contributed by atoms with Crippen molar-refractivity contribution in [1.82, 2.24) is 0 Å². The van der Waals surface area contributed by atoms with Crippen molar-refractivity contribution in [3.63, 3.8) is 0 Å². The lowest BCUT2D eigenvalue weighted by Gasteiger charge is -2.40. The van der Waals surface area contributed by atoms with Gasteiger partial charge in [-0.25, -0.2) is 4.18 Å². The SMILES string of the molecule is CCCCCCCCCC(CCCCCCC)COC1O[C@H](COS(=O)(=O)O)[C@@H](O)[C@H](O)[C@H]1O. The van der Waals surface area contributed by atoms with E-state index >= 15 is 0 Å². The second-order valence-electron chi connectivity index (χ2n) is 9.54. The van der Waals surface area contributed by atoms with Crippen LogP contribution in [0.1, 0.15) is 104 Å². The first kappa shape index (κ1) is 31.7. The van der Waals surface area contributed by atoms with Crippen molar-refractivity contribution < 1.29 is 41.9 Å². The normalized spacial score (nSPS) is 26.6. The molecular weight excluding hydrogens is 464 g/mol. The number of hydrogen-bond acceptors (Lipinski definition) is 8. The summed E-state index contributed by atoms with van der Waals surface area (Å²) in [7, 11) is -4.73. The van der Waals surface area contributed by atoms with Gasteiger partial charge in [0.1, 0.15) is 24.4 Å². The van der Waals surface area contributed by atoms with Gasteiger partial charge in [-0.3, -0.25) is 4.55 Å². The molecule has 0 aromatic rings. The van der Waals surface area contributed by atoms with Crippen LogP contribution in [0.5, 0.6) is 0 Å². The summed E-state index contributed by atoms with van der Waals surface area (Å²) >= 11 is 0. The molecule has 9 nitrogen and oxygen atoms in total. The fourth-order valence-electron chi connectivity index (χ4n) is 4.31. The Labute approximate surface area is 206 Å². The highest BCUT2D eigenvalue weighted by atomic mass is 32.3. The maximum atomic E-state index is 10.8. The van der Waals surface area contributed by atoms with E-state index in [1.807, 2.05) is 0 Å². The van der Waals surface area contributed by atoms with E-state index in [4.69, 9.17) is 14.0 Å². The molecule has 1 saturated heterocycles. The standard InChI is InChI=1S/C24H48O9S/c1-3-5-7-9-10-12-14-16-19(15-13-11-8-6-4-2)17-31-24-23(27)22(26)21(25)20(33-24)18-32-34(28,29)30/h19-27H,3-18H2,1-2H3,(H,28,29,30)/t19?,20-,21-,22+,23-,24?/m1/s1. The van der Waals surface area contributed by atoms with Crippen molar-refractivity contribution in [2.45, 2.75) is 134 Å². The maximum Gasteiger partial charge on any atom is 0.397 e. The van der Waals surface area contributed by atoms with Crippen molar-refractivity contribution in [3.8, 4) is 0 Å². The van der Waals surface area contributed by atoms with E-state index in [9.17, 15) is 23.7 Å². The maximum absolute atomic E-state index is 10.8. The van der Waals surface area contributed by atoms with Crippen molar-refractivity contribution in [3.05, 3.63) is 0 Å². The van der Waals surface area contributed by atoms with Crippen molar-refractivity contribution in [1.29, 1.82) is 0 Å². The lowest BCUT2D eigenvalue weighted by Crippen LogP contribution is -2.59. The van der Waals surface area contributed by atoms with Crippen LogP contribution >= 0.6 is 0 Å². The van der Waals surface area contributed by atoms with Crippen molar-refractivity contribution >= 4 is 10.4 Å². The molecule has 0 amide bonds. The summed E-state index contributed by atoms with van der Waals surface area (Å²) in [4.78, 5) is 0. The van der Waals surface area contributed by atoms with Crippen LogP contribution in [0, 0.1) is 5.92 Å². The Morgan fingerprint density at radius 1 is 0.765 bits per heavy atom. The van der Waals surface area contributed by atoms with E-state index < -0.39 is 47.7 Å². The van der Waals surface area contributed by atoms with E-state index in [2.05, 4.69) is 18.0 Å². The molecule has 0 bridgehead atoms. The van der Waals surface area contributed by atoms with E-state index in [0.29, 0.717) is 6.61 Å². The minimum absolute atomic E-state index is 0.282. The summed E-state index contributed by atoms with van der Waals surface area (Å²) in [6, 6.07) is 0. The quantitative estimate of drug-likeness (QED) is 0.142. The highest BCUT2D eigenvalue weighted by Gasteiger charge is 2.45. The summed E-state index contributed by atoms with van der Waals surface area (Å²) < 4.78 is 46.0. The fraction of sp³-hybridized carbons (Fsp3) is 1.00. The molecule has 1 aliphatic rings. The first-order valence-corrected chi connectivity index (χ1v) is 14.5. The summed E-state index contributed by atoms with van der Waals surface area (Å²) in [6.07, 6.45) is 9.34. The Bertz CT molecular complexity index is 601. The first-order chi connectivity index (χ1) is 16.2. The summed E-state index contributed by atoms with van der Waals surface area (Å²) in [5.41, 5.74) is 0. The molecule has 34 heavy (non-hydrogen) atoms. The van der Waals surface area contributed by atoms with Crippen LogP contribution in [0.2, 0.25) is 0 Å². The molecule has 0 saturated carbocycles. The van der Waals surface area contributed by atoms with E-state index in [1.54, 1.807) is 0 Å². The Balaban J connectivity index is 2.56. The molecule has 0 spiro atoms. The number of ether oxygens (including phenoxy) is 2. The third-order valence-corrected chi connectivity index (χ3v) is 6.91. The molecule has 0 aliphatic carbocycles. The third kappa shape index (κ3) is 13.7. The zero-order chi connectivity index (χ0) is 25.4. The lowest BCUT2D eigenvalue weighted by atomic mass is 9.94. The second kappa shape index (κ2) is 18.0. The van der Waals surface area contributed by atoms with Gasteiger partial charge >= 0.3 is 10.4 Å². The molecule has 10 heteroatoms. The summed E-state index contributed by atoms with van der Waals surface area (Å²) in [6.45, 7) is 4.02. The number of hydrogen-bond donors (Lipinski definition) is 4. The smallest absolute Gasteiger partial charge is 0.387 e. The largest absolute Gasteiger partial charge is 0.397 e. The van der Waals surface area contributed by atoms with Crippen LogP contribution in [-0.2, 0) is 24.1 Å². The van der Waals surface area contributed by atoms with Gasteiger partial charge in [-0.2, -0.15) is 8.42 Å². The average molecular weight is 513 g/mol. The van der Waals surface area contributed by atoms with Crippen LogP contribution < -0.4 is 0 Å². The van der Waals surface area contributed by atoms with Gasteiger partial charge in [-0.05, 0) is 18.8 Å². The molecule has 0 aromatic carbocycles. The highest BCUT2D eigenvalue weighted by molar-refractivity contribution is 7.80. The molecular formula is C24H48O9S. The molecule has 0 aromatic heterocycles. The predicted molar refractivity (Wildman–Crippen MR) is 130 cm³/mol. The molecule has 1 heterocycles. The van der Waals surface area contributed by atoms with Crippen molar-refractivity contribution in [2.75, 3.05) is 13.2 Å². The molecule has 2 unspecified atom stereocenters. The molecule has 4 N–H and O–H groups in total. The second-order valence-corrected chi connectivity index (χ2v) is 10.6. The van der Waals surface area contributed by atoms with Crippen LogP contribution in [0.3, 0.4) is 0 Å². The first-order valence-electron chi connectivity index (χ1n) is 13.1. The molecule has 1 aliphatic heterocycles. The zero-order valence-corrected chi connectivity index (χ0v) is 21.8. The predicted octanol–water partition coefficient (Wildman–Crippen LogP) is 3.75. The van der Waals surface area contributed by atoms with Gasteiger partial charge in [-0.1, -0.05) is 90.9 Å². The Kier molecular flexibility index (Phi) is 16.8. The van der Waals surface area contributed by atoms with E-state index in [-0.39, 0.29) is 5.92 Å². The average Bonchev–Trinajstić information content (AvgIpc) is 2.79. The Morgan fingerprint density at radius 2 is 1.26 bits per heavy atom. The van der Waals surface area contributed by atoms with Gasteiger partial charge in [0, 0.05) is 0 Å². The van der Waals surface area contributed by atoms with Crippen LogP contribution in [0.15, 0.2) is 0 Å². The van der Waals surface area contributed by atoms with E-state index in [0.717, 1.165) is 25.7 Å². The molecule has 1 fully saturated rings. The minimum Gasteiger partial charge on any atom is -0.387 e. The lowest BCUT2D eigenvalue weighted by molar-refractivity contribution is -0.302. The number of rotatable bonds is 20.